The number of carbonyl (C=O) groups is 2. The Morgan fingerprint density at radius 1 is 1.67 bits per heavy atom. The molecule has 0 saturated carbocycles. The number of nitrogens with zero attached hydrogens (tertiary/aromatic N) is 2. The summed E-state index contributed by atoms with van der Waals surface area (Å²) in [5.74, 6) is 0.483. The summed E-state index contributed by atoms with van der Waals surface area (Å²) in [7, 11) is 0. The lowest BCUT2D eigenvalue weighted by Gasteiger charge is -2.09. The van der Waals surface area contributed by atoms with Gasteiger partial charge in [-0.1, -0.05) is 0 Å². The highest BCUT2D eigenvalue weighted by Crippen LogP contribution is 2.10. The van der Waals surface area contributed by atoms with E-state index < -0.39 is 0 Å². The van der Waals surface area contributed by atoms with Crippen LogP contribution in [0.4, 0.5) is 0 Å². The molecule has 0 spiro atoms. The van der Waals surface area contributed by atoms with Gasteiger partial charge in [-0.25, -0.2) is 0 Å². The number of hydrogen-bond donors (Lipinski definition) is 2. The van der Waals surface area contributed by atoms with E-state index in [1.807, 2.05) is 0 Å². The van der Waals surface area contributed by atoms with Crippen LogP contribution in [0.25, 0.3) is 0 Å². The predicted octanol–water partition coefficient (Wildman–Crippen LogP) is -0.263. The van der Waals surface area contributed by atoms with Gasteiger partial charge in [0, 0.05) is 31.5 Å². The number of ether oxygens (including phenoxy) is 1. The molecule has 0 aliphatic carbocycles. The molecule has 1 aromatic heterocycles. The van der Waals surface area contributed by atoms with Gasteiger partial charge < -0.3 is 15.2 Å². The molecule has 18 heavy (non-hydrogen) atoms. The second-order valence-corrected chi connectivity index (χ2v) is 3.84. The summed E-state index contributed by atoms with van der Waals surface area (Å²) in [6, 6.07) is 1.80. The summed E-state index contributed by atoms with van der Waals surface area (Å²) in [5.41, 5.74) is 0. The first-order valence-corrected chi connectivity index (χ1v) is 5.66. The van der Waals surface area contributed by atoms with E-state index >= 15 is 0 Å². The van der Waals surface area contributed by atoms with Crippen molar-refractivity contribution in [3.63, 3.8) is 0 Å². The summed E-state index contributed by atoms with van der Waals surface area (Å²) in [6.07, 6.45) is 4.48. The zero-order valence-electron chi connectivity index (χ0n) is 9.99. The largest absolute Gasteiger partial charge is 0.483 e. The van der Waals surface area contributed by atoms with Crippen molar-refractivity contribution in [2.24, 2.45) is 5.92 Å². The third-order valence-electron chi connectivity index (χ3n) is 2.48. The molecule has 0 bridgehead atoms. The number of rotatable bonds is 4. The van der Waals surface area contributed by atoms with Crippen LogP contribution in [0.2, 0.25) is 0 Å². The minimum Gasteiger partial charge on any atom is -0.483 e. The number of hydrogen-bond acceptors (Lipinski definition) is 4. The van der Waals surface area contributed by atoms with Crippen molar-refractivity contribution in [2.45, 2.75) is 13.0 Å². The van der Waals surface area contributed by atoms with E-state index in [-0.39, 0.29) is 12.4 Å². The molecule has 100 valence electrons. The lowest BCUT2D eigenvalue weighted by molar-refractivity contribution is -0.123. The first-order valence-electron chi connectivity index (χ1n) is 5.66. The van der Waals surface area contributed by atoms with E-state index in [4.69, 9.17) is 14.6 Å². The van der Waals surface area contributed by atoms with Gasteiger partial charge in [0.2, 0.25) is 5.91 Å². The van der Waals surface area contributed by atoms with E-state index in [9.17, 15) is 4.79 Å². The lowest BCUT2D eigenvalue weighted by Crippen LogP contribution is -2.32. The Bertz CT molecular complexity index is 347. The Balaban J connectivity index is 0.000000492. The maximum atomic E-state index is 11.5. The fourth-order valence-electron chi connectivity index (χ4n) is 1.60. The van der Waals surface area contributed by atoms with Crippen molar-refractivity contribution in [1.82, 2.24) is 15.1 Å². The first-order chi connectivity index (χ1) is 8.76. The van der Waals surface area contributed by atoms with Crippen LogP contribution in [0.3, 0.4) is 0 Å². The molecular weight excluding hydrogens is 238 g/mol. The molecule has 1 aliphatic rings. The standard InChI is InChI=1S/C10H15N3O2.CH2O2/c14-10(7-13-4-1-3-12-13)11-6-9-2-5-15-8-9;2-1-3/h1,3-4,9H,2,5-8H2,(H,11,14);1H,(H,2,3)/t9-;/m1./s1. The zero-order chi connectivity index (χ0) is 13.2. The van der Waals surface area contributed by atoms with Crippen LogP contribution < -0.4 is 5.32 Å². The molecule has 1 fully saturated rings. The Morgan fingerprint density at radius 2 is 2.44 bits per heavy atom. The van der Waals surface area contributed by atoms with Crippen LogP contribution >= 0.6 is 0 Å². The summed E-state index contributed by atoms with van der Waals surface area (Å²) in [5, 5.41) is 13.7. The molecule has 1 amide bonds. The van der Waals surface area contributed by atoms with Crippen molar-refractivity contribution >= 4 is 12.4 Å². The number of nitrogens with one attached hydrogen (secondary N) is 1. The van der Waals surface area contributed by atoms with Crippen LogP contribution in [0.15, 0.2) is 18.5 Å². The van der Waals surface area contributed by atoms with Gasteiger partial charge in [0.05, 0.1) is 6.61 Å². The Hall–Kier alpha value is -1.89. The van der Waals surface area contributed by atoms with Crippen molar-refractivity contribution in [3.8, 4) is 0 Å². The van der Waals surface area contributed by atoms with Gasteiger partial charge >= 0.3 is 0 Å². The zero-order valence-corrected chi connectivity index (χ0v) is 9.99. The molecule has 2 heterocycles. The van der Waals surface area contributed by atoms with Gasteiger partial charge in [-0.15, -0.1) is 0 Å². The monoisotopic (exact) mass is 255 g/mol. The average Bonchev–Trinajstić information content (AvgIpc) is 3.00. The number of aromatic nitrogens is 2. The third kappa shape index (κ3) is 5.44. The highest BCUT2D eigenvalue weighted by atomic mass is 16.5. The van der Waals surface area contributed by atoms with Crippen LogP contribution in [0.1, 0.15) is 6.42 Å². The van der Waals surface area contributed by atoms with Crippen molar-refractivity contribution in [2.75, 3.05) is 19.8 Å². The fourth-order valence-corrected chi connectivity index (χ4v) is 1.60. The van der Waals surface area contributed by atoms with Gasteiger partial charge in [0.1, 0.15) is 6.54 Å². The highest BCUT2D eigenvalue weighted by Gasteiger charge is 2.16. The molecule has 0 radical (unpaired) electrons. The SMILES string of the molecule is O=C(Cn1cccn1)NC[C@H]1CCOC1.O=CO. The Kier molecular flexibility index (Phi) is 6.49. The second-order valence-electron chi connectivity index (χ2n) is 3.84. The van der Waals surface area contributed by atoms with Gasteiger partial charge in [-0.2, -0.15) is 5.10 Å². The van der Waals surface area contributed by atoms with E-state index in [1.165, 1.54) is 0 Å². The number of carbonyl (C=O) groups excluding carboxylic acids is 1. The summed E-state index contributed by atoms with van der Waals surface area (Å²) in [4.78, 5) is 19.8. The normalized spacial score (nSPS) is 17.7. The van der Waals surface area contributed by atoms with Gasteiger partial charge in [0.15, 0.2) is 0 Å². The topological polar surface area (TPSA) is 93.5 Å². The molecule has 0 unspecified atom stereocenters. The summed E-state index contributed by atoms with van der Waals surface area (Å²) in [6.45, 7) is 2.34. The smallest absolute Gasteiger partial charge is 0.290 e. The van der Waals surface area contributed by atoms with E-state index in [0.29, 0.717) is 19.0 Å². The van der Waals surface area contributed by atoms with Gasteiger partial charge in [-0.3, -0.25) is 14.3 Å². The molecule has 1 aliphatic heterocycles. The van der Waals surface area contributed by atoms with E-state index in [2.05, 4.69) is 10.4 Å². The van der Waals surface area contributed by atoms with Crippen LogP contribution in [0.5, 0.6) is 0 Å². The van der Waals surface area contributed by atoms with Crippen molar-refractivity contribution in [1.29, 1.82) is 0 Å². The molecule has 2 N–H and O–H groups in total. The Morgan fingerprint density at radius 3 is 3.00 bits per heavy atom. The average molecular weight is 255 g/mol. The molecule has 7 heteroatoms. The highest BCUT2D eigenvalue weighted by molar-refractivity contribution is 5.75. The maximum absolute atomic E-state index is 11.5. The summed E-state index contributed by atoms with van der Waals surface area (Å²) >= 11 is 0. The van der Waals surface area contributed by atoms with Crippen LogP contribution in [-0.2, 0) is 20.9 Å². The number of carboxylic acid groups (broad SMARTS) is 1. The molecule has 7 nitrogen and oxygen atoms in total. The summed E-state index contributed by atoms with van der Waals surface area (Å²) < 4.78 is 6.84. The molecule has 1 saturated heterocycles. The molecule has 2 rings (SSSR count). The molecule has 1 atom stereocenters. The van der Waals surface area contributed by atoms with Crippen molar-refractivity contribution in [3.05, 3.63) is 18.5 Å². The predicted molar refractivity (Wildman–Crippen MR) is 62.9 cm³/mol. The van der Waals surface area contributed by atoms with Gasteiger partial charge in [-0.05, 0) is 12.5 Å². The maximum Gasteiger partial charge on any atom is 0.290 e. The van der Waals surface area contributed by atoms with Crippen molar-refractivity contribution < 1.29 is 19.4 Å². The Labute approximate surface area is 105 Å². The van der Waals surface area contributed by atoms with E-state index in [0.717, 1.165) is 19.6 Å². The minimum absolute atomic E-state index is 0.00519. The second kappa shape index (κ2) is 8.24. The van der Waals surface area contributed by atoms with Crippen LogP contribution in [0, 0.1) is 5.92 Å². The molecule has 0 aromatic carbocycles. The number of amides is 1. The van der Waals surface area contributed by atoms with Crippen LogP contribution in [-0.4, -0.2) is 47.0 Å². The lowest BCUT2D eigenvalue weighted by atomic mass is 10.1. The quantitative estimate of drug-likeness (QED) is 0.723. The fraction of sp³-hybridized carbons (Fsp3) is 0.545. The molecule has 1 aromatic rings. The third-order valence-corrected chi connectivity index (χ3v) is 2.48. The molecular formula is C11H17N3O4. The van der Waals surface area contributed by atoms with E-state index in [1.54, 1.807) is 23.1 Å². The minimum atomic E-state index is -0.250. The van der Waals surface area contributed by atoms with Gasteiger partial charge in [0.25, 0.3) is 6.47 Å². The first kappa shape index (κ1) is 14.2.